The summed E-state index contributed by atoms with van der Waals surface area (Å²) in [6.07, 6.45) is 1.78. The highest BCUT2D eigenvalue weighted by Crippen LogP contribution is 2.30. The number of halogens is 1. The molecule has 1 fully saturated rings. The highest BCUT2D eigenvalue weighted by molar-refractivity contribution is 6.31. The number of aryl methyl sites for hydroxylation is 1. The SMILES string of the molecule is Cc1nc2c(cnn2C(C)C)cc1C(=O)N1CCNCC1c1ccccc1Cl. The molecule has 1 aromatic carbocycles. The van der Waals surface area contributed by atoms with Crippen molar-refractivity contribution in [3.05, 3.63) is 58.4 Å². The molecule has 3 aromatic rings. The largest absolute Gasteiger partial charge is 0.329 e. The van der Waals surface area contributed by atoms with Crippen LogP contribution in [0.25, 0.3) is 11.0 Å². The lowest BCUT2D eigenvalue weighted by Gasteiger charge is -2.37. The van der Waals surface area contributed by atoms with E-state index in [0.717, 1.165) is 28.8 Å². The molecule has 0 saturated carbocycles. The Labute approximate surface area is 169 Å². The molecule has 0 aliphatic carbocycles. The summed E-state index contributed by atoms with van der Waals surface area (Å²) in [7, 11) is 0. The molecule has 4 rings (SSSR count). The third kappa shape index (κ3) is 3.27. The fourth-order valence-electron chi connectivity index (χ4n) is 3.79. The summed E-state index contributed by atoms with van der Waals surface area (Å²) < 4.78 is 1.88. The van der Waals surface area contributed by atoms with Crippen LogP contribution in [-0.2, 0) is 0 Å². The van der Waals surface area contributed by atoms with Crippen molar-refractivity contribution in [2.24, 2.45) is 0 Å². The van der Waals surface area contributed by atoms with Crippen LogP contribution in [0, 0.1) is 6.92 Å². The number of carbonyl (C=O) groups excluding carboxylic acids is 1. The van der Waals surface area contributed by atoms with Crippen molar-refractivity contribution in [1.82, 2.24) is 25.0 Å². The van der Waals surface area contributed by atoms with Crippen LogP contribution in [0.1, 0.15) is 47.5 Å². The first-order chi connectivity index (χ1) is 13.5. The maximum atomic E-state index is 13.5. The molecule has 1 aliphatic heterocycles. The van der Waals surface area contributed by atoms with Crippen molar-refractivity contribution < 1.29 is 4.79 Å². The van der Waals surface area contributed by atoms with Gasteiger partial charge in [0, 0.05) is 36.1 Å². The Bertz CT molecular complexity index is 1030. The predicted octanol–water partition coefficient (Wildman–Crippen LogP) is 3.76. The molecule has 1 amide bonds. The van der Waals surface area contributed by atoms with Gasteiger partial charge in [-0.15, -0.1) is 0 Å². The van der Waals surface area contributed by atoms with Crippen LogP contribution in [0.5, 0.6) is 0 Å². The Morgan fingerprint density at radius 3 is 2.86 bits per heavy atom. The third-order valence-electron chi connectivity index (χ3n) is 5.25. The fraction of sp³-hybridized carbons (Fsp3) is 0.381. The Balaban J connectivity index is 1.73. The summed E-state index contributed by atoms with van der Waals surface area (Å²) in [4.78, 5) is 20.1. The Hall–Kier alpha value is -2.44. The number of benzene rings is 1. The molecule has 3 heterocycles. The van der Waals surface area contributed by atoms with Crippen molar-refractivity contribution in [3.63, 3.8) is 0 Å². The standard InChI is InChI=1S/C21H24ClN5O/c1-13(2)27-20-15(11-24-27)10-17(14(3)25-20)21(28)26-9-8-23-12-19(26)16-6-4-5-7-18(16)22/h4-7,10-11,13,19,23H,8-9,12H2,1-3H3. The Morgan fingerprint density at radius 1 is 1.32 bits per heavy atom. The van der Waals surface area contributed by atoms with E-state index >= 15 is 0 Å². The van der Waals surface area contributed by atoms with Gasteiger partial charge in [-0.2, -0.15) is 5.10 Å². The molecule has 1 aliphatic rings. The number of nitrogens with zero attached hydrogens (tertiary/aromatic N) is 4. The van der Waals surface area contributed by atoms with Gasteiger partial charge in [-0.1, -0.05) is 29.8 Å². The molecule has 0 bridgehead atoms. The molecular weight excluding hydrogens is 374 g/mol. The number of fused-ring (bicyclic) bond motifs is 1. The molecule has 1 saturated heterocycles. The maximum absolute atomic E-state index is 13.5. The van der Waals surface area contributed by atoms with Crippen LogP contribution in [0.2, 0.25) is 5.02 Å². The van der Waals surface area contributed by atoms with Crippen LogP contribution in [0.4, 0.5) is 0 Å². The summed E-state index contributed by atoms with van der Waals surface area (Å²) >= 11 is 6.43. The number of amides is 1. The zero-order valence-electron chi connectivity index (χ0n) is 16.3. The second-order valence-corrected chi connectivity index (χ2v) is 7.86. The molecular formula is C21H24ClN5O. The van der Waals surface area contributed by atoms with Crippen LogP contribution in [-0.4, -0.2) is 45.2 Å². The van der Waals surface area contributed by atoms with Gasteiger partial charge < -0.3 is 10.2 Å². The van der Waals surface area contributed by atoms with Gasteiger partial charge in [-0.25, -0.2) is 9.67 Å². The minimum atomic E-state index is -0.108. The van der Waals surface area contributed by atoms with Gasteiger partial charge in [0.15, 0.2) is 5.65 Å². The number of rotatable bonds is 3. The lowest BCUT2D eigenvalue weighted by Crippen LogP contribution is -2.49. The molecule has 2 aromatic heterocycles. The molecule has 146 valence electrons. The number of hydrogen-bond acceptors (Lipinski definition) is 4. The van der Waals surface area contributed by atoms with E-state index in [-0.39, 0.29) is 18.0 Å². The van der Waals surface area contributed by atoms with E-state index in [2.05, 4.69) is 24.3 Å². The van der Waals surface area contributed by atoms with Crippen LogP contribution >= 0.6 is 11.6 Å². The topological polar surface area (TPSA) is 63.1 Å². The van der Waals surface area contributed by atoms with E-state index in [4.69, 9.17) is 16.6 Å². The lowest BCUT2D eigenvalue weighted by atomic mass is 10.0. The highest BCUT2D eigenvalue weighted by atomic mass is 35.5. The summed E-state index contributed by atoms with van der Waals surface area (Å²) in [5.41, 5.74) is 3.11. The zero-order chi connectivity index (χ0) is 19.8. The van der Waals surface area contributed by atoms with Gasteiger partial charge in [0.1, 0.15) is 0 Å². The summed E-state index contributed by atoms with van der Waals surface area (Å²) in [6, 6.07) is 9.74. The number of pyridine rings is 1. The summed E-state index contributed by atoms with van der Waals surface area (Å²) in [6.45, 7) is 8.07. The molecule has 28 heavy (non-hydrogen) atoms. The molecule has 0 radical (unpaired) electrons. The lowest BCUT2D eigenvalue weighted by molar-refractivity contribution is 0.0633. The van der Waals surface area contributed by atoms with Crippen molar-refractivity contribution in [1.29, 1.82) is 0 Å². The molecule has 7 heteroatoms. The van der Waals surface area contributed by atoms with Gasteiger partial charge in [0.2, 0.25) is 0 Å². The second-order valence-electron chi connectivity index (χ2n) is 7.46. The minimum Gasteiger partial charge on any atom is -0.329 e. The second kappa shape index (κ2) is 7.53. The summed E-state index contributed by atoms with van der Waals surface area (Å²) in [5, 5.41) is 9.36. The van der Waals surface area contributed by atoms with Gasteiger partial charge in [-0.3, -0.25) is 4.79 Å². The number of hydrogen-bond donors (Lipinski definition) is 1. The van der Waals surface area contributed by atoms with Gasteiger partial charge in [0.05, 0.1) is 23.5 Å². The zero-order valence-corrected chi connectivity index (χ0v) is 17.1. The monoisotopic (exact) mass is 397 g/mol. The predicted molar refractivity (Wildman–Crippen MR) is 111 cm³/mol. The first-order valence-electron chi connectivity index (χ1n) is 9.58. The van der Waals surface area contributed by atoms with E-state index in [1.807, 2.05) is 46.8 Å². The number of nitrogens with one attached hydrogen (secondary N) is 1. The summed E-state index contributed by atoms with van der Waals surface area (Å²) in [5.74, 6) is -0.0179. The van der Waals surface area contributed by atoms with Crippen LogP contribution in [0.15, 0.2) is 36.5 Å². The van der Waals surface area contributed by atoms with Gasteiger partial charge in [0.25, 0.3) is 5.91 Å². The van der Waals surface area contributed by atoms with Crippen molar-refractivity contribution in [2.45, 2.75) is 32.9 Å². The average molecular weight is 398 g/mol. The molecule has 1 N–H and O–H groups in total. The van der Waals surface area contributed by atoms with Crippen molar-refractivity contribution >= 4 is 28.5 Å². The van der Waals surface area contributed by atoms with Gasteiger partial charge in [-0.05, 0) is 38.5 Å². The Morgan fingerprint density at radius 2 is 2.11 bits per heavy atom. The fourth-order valence-corrected chi connectivity index (χ4v) is 4.05. The number of piperazine rings is 1. The first-order valence-corrected chi connectivity index (χ1v) is 9.96. The quantitative estimate of drug-likeness (QED) is 0.730. The maximum Gasteiger partial charge on any atom is 0.256 e. The molecule has 6 nitrogen and oxygen atoms in total. The first kappa shape index (κ1) is 18.9. The van der Waals surface area contributed by atoms with Crippen molar-refractivity contribution in [3.8, 4) is 0 Å². The third-order valence-corrected chi connectivity index (χ3v) is 5.59. The van der Waals surface area contributed by atoms with Crippen LogP contribution < -0.4 is 5.32 Å². The highest BCUT2D eigenvalue weighted by Gasteiger charge is 2.31. The smallest absolute Gasteiger partial charge is 0.256 e. The van der Waals surface area contributed by atoms with Crippen LogP contribution in [0.3, 0.4) is 0 Å². The van der Waals surface area contributed by atoms with Gasteiger partial charge >= 0.3 is 0 Å². The van der Waals surface area contributed by atoms with E-state index in [1.54, 1.807) is 6.20 Å². The number of aromatic nitrogens is 3. The van der Waals surface area contributed by atoms with E-state index in [1.165, 1.54) is 0 Å². The molecule has 1 atom stereocenters. The normalized spacial score (nSPS) is 17.5. The number of carbonyl (C=O) groups is 1. The minimum absolute atomic E-state index is 0.0179. The average Bonchev–Trinajstić information content (AvgIpc) is 3.10. The van der Waals surface area contributed by atoms with E-state index in [0.29, 0.717) is 23.7 Å². The molecule has 0 spiro atoms. The van der Waals surface area contributed by atoms with E-state index in [9.17, 15) is 4.79 Å². The van der Waals surface area contributed by atoms with Crippen molar-refractivity contribution in [2.75, 3.05) is 19.6 Å². The Kier molecular flexibility index (Phi) is 5.08. The molecule has 1 unspecified atom stereocenters. The van der Waals surface area contributed by atoms with E-state index < -0.39 is 0 Å².